The summed E-state index contributed by atoms with van der Waals surface area (Å²) in [5, 5.41) is 3.09. The number of hydrogen-bond donors (Lipinski definition) is 1. The van der Waals surface area contributed by atoms with Gasteiger partial charge in [0, 0.05) is 12.6 Å². The minimum Gasteiger partial charge on any atom is -0.497 e. The summed E-state index contributed by atoms with van der Waals surface area (Å²) in [6.45, 7) is 1.35. The lowest BCUT2D eigenvalue weighted by Gasteiger charge is -2.33. The maximum absolute atomic E-state index is 13.7. The predicted octanol–water partition coefficient (Wildman–Crippen LogP) is 3.34. The van der Waals surface area contributed by atoms with Crippen LogP contribution in [0.2, 0.25) is 0 Å². The number of carbonyl (C=O) groups excluding carboxylic acids is 2. The average Bonchev–Trinajstić information content (AvgIpc) is 2.90. The number of carbonyl (C=O) groups is 2. The third-order valence-electron chi connectivity index (χ3n) is 6.65. The molecule has 0 aliphatic heterocycles. The van der Waals surface area contributed by atoms with Gasteiger partial charge in [-0.1, -0.05) is 31.4 Å². The van der Waals surface area contributed by atoms with E-state index < -0.39 is 28.5 Å². The number of amides is 2. The first-order valence-corrected chi connectivity index (χ1v) is 14.3. The van der Waals surface area contributed by atoms with E-state index in [1.54, 1.807) is 50.4 Å². The highest BCUT2D eigenvalue weighted by Crippen LogP contribution is 2.23. The number of anilines is 1. The molecule has 0 saturated heterocycles. The van der Waals surface area contributed by atoms with Crippen molar-refractivity contribution >= 4 is 27.5 Å². The maximum atomic E-state index is 13.7. The normalized spacial score (nSPS) is 14.9. The van der Waals surface area contributed by atoms with Gasteiger partial charge in [0.15, 0.2) is 0 Å². The van der Waals surface area contributed by atoms with Crippen LogP contribution in [0.25, 0.3) is 0 Å². The second kappa shape index (κ2) is 12.8. The molecule has 2 amide bonds. The van der Waals surface area contributed by atoms with Gasteiger partial charge in [0.05, 0.1) is 26.2 Å². The van der Waals surface area contributed by atoms with E-state index in [-0.39, 0.29) is 18.5 Å². The molecule has 0 bridgehead atoms. The zero-order chi connectivity index (χ0) is 27.0. The van der Waals surface area contributed by atoms with Crippen LogP contribution in [0, 0.1) is 0 Å². The second-order valence-electron chi connectivity index (χ2n) is 9.36. The van der Waals surface area contributed by atoms with Gasteiger partial charge in [-0.05, 0) is 61.7 Å². The van der Waals surface area contributed by atoms with Crippen molar-refractivity contribution in [3.8, 4) is 11.5 Å². The van der Waals surface area contributed by atoms with Crippen LogP contribution in [0.3, 0.4) is 0 Å². The highest BCUT2D eigenvalue weighted by Gasteiger charge is 2.31. The lowest BCUT2D eigenvalue weighted by Crippen LogP contribution is -2.52. The molecule has 202 valence electrons. The van der Waals surface area contributed by atoms with Crippen molar-refractivity contribution in [2.45, 2.75) is 57.7 Å². The van der Waals surface area contributed by atoms with Crippen LogP contribution in [0.1, 0.15) is 44.6 Å². The van der Waals surface area contributed by atoms with E-state index >= 15 is 0 Å². The molecule has 2 aromatic carbocycles. The Hall–Kier alpha value is -3.27. The Kier molecular flexibility index (Phi) is 9.79. The molecule has 0 heterocycles. The van der Waals surface area contributed by atoms with E-state index in [2.05, 4.69) is 5.32 Å². The van der Waals surface area contributed by atoms with Crippen molar-refractivity contribution in [1.29, 1.82) is 0 Å². The molecule has 1 fully saturated rings. The Morgan fingerprint density at radius 1 is 1.00 bits per heavy atom. The van der Waals surface area contributed by atoms with Gasteiger partial charge in [0.1, 0.15) is 24.1 Å². The fraction of sp³-hybridized carbons (Fsp3) is 0.481. The summed E-state index contributed by atoms with van der Waals surface area (Å²) >= 11 is 0. The lowest BCUT2D eigenvalue weighted by atomic mass is 9.95. The van der Waals surface area contributed by atoms with E-state index in [0.29, 0.717) is 17.2 Å². The monoisotopic (exact) mass is 531 g/mol. The van der Waals surface area contributed by atoms with Crippen molar-refractivity contribution in [3.63, 3.8) is 0 Å². The van der Waals surface area contributed by atoms with Crippen LogP contribution >= 0.6 is 0 Å². The quantitative estimate of drug-likeness (QED) is 0.477. The third-order valence-corrected chi connectivity index (χ3v) is 7.79. The Balaban J connectivity index is 1.87. The molecule has 1 aliphatic carbocycles. The molecular weight excluding hydrogens is 494 g/mol. The van der Waals surface area contributed by atoms with Crippen molar-refractivity contribution in [2.24, 2.45) is 0 Å². The molecule has 1 saturated carbocycles. The molecular formula is C27H37N3O6S. The Bertz CT molecular complexity index is 1160. The summed E-state index contributed by atoms with van der Waals surface area (Å²) in [6, 6.07) is 12.9. The largest absolute Gasteiger partial charge is 0.497 e. The molecule has 0 aromatic heterocycles. The minimum absolute atomic E-state index is 0.0873. The lowest BCUT2D eigenvalue weighted by molar-refractivity contribution is -0.139. The Labute approximate surface area is 219 Å². The molecule has 9 nitrogen and oxygen atoms in total. The average molecular weight is 532 g/mol. The van der Waals surface area contributed by atoms with Gasteiger partial charge in [-0.3, -0.25) is 13.9 Å². The van der Waals surface area contributed by atoms with Crippen LogP contribution in [-0.2, 0) is 26.2 Å². The van der Waals surface area contributed by atoms with Gasteiger partial charge in [0.25, 0.3) is 0 Å². The maximum Gasteiger partial charge on any atom is 0.244 e. The summed E-state index contributed by atoms with van der Waals surface area (Å²) in [5.74, 6) is 0.449. The highest BCUT2D eigenvalue weighted by atomic mass is 32.2. The number of benzene rings is 2. The van der Waals surface area contributed by atoms with Crippen molar-refractivity contribution < 1.29 is 27.5 Å². The zero-order valence-corrected chi connectivity index (χ0v) is 22.8. The fourth-order valence-electron chi connectivity index (χ4n) is 4.48. The first-order chi connectivity index (χ1) is 17.6. The van der Waals surface area contributed by atoms with Crippen molar-refractivity contribution in [3.05, 3.63) is 54.1 Å². The fourth-order valence-corrected chi connectivity index (χ4v) is 5.33. The molecule has 2 aromatic rings. The predicted molar refractivity (Wildman–Crippen MR) is 143 cm³/mol. The Morgan fingerprint density at radius 2 is 1.65 bits per heavy atom. The van der Waals surface area contributed by atoms with Crippen LogP contribution in [0.15, 0.2) is 48.5 Å². The minimum atomic E-state index is -3.79. The second-order valence-corrected chi connectivity index (χ2v) is 11.3. The molecule has 0 radical (unpaired) electrons. The molecule has 1 N–H and O–H groups in total. The van der Waals surface area contributed by atoms with Gasteiger partial charge < -0.3 is 19.7 Å². The van der Waals surface area contributed by atoms with Crippen LogP contribution in [0.5, 0.6) is 11.5 Å². The summed E-state index contributed by atoms with van der Waals surface area (Å²) in [4.78, 5) is 28.3. The number of rotatable bonds is 11. The molecule has 37 heavy (non-hydrogen) atoms. The van der Waals surface area contributed by atoms with E-state index in [9.17, 15) is 18.0 Å². The van der Waals surface area contributed by atoms with Gasteiger partial charge >= 0.3 is 0 Å². The Morgan fingerprint density at radius 3 is 2.24 bits per heavy atom. The van der Waals surface area contributed by atoms with Crippen LogP contribution in [-0.4, -0.2) is 64.2 Å². The summed E-state index contributed by atoms with van der Waals surface area (Å²) in [7, 11) is -0.720. The number of ether oxygens (including phenoxy) is 2. The molecule has 10 heteroatoms. The van der Waals surface area contributed by atoms with E-state index in [1.165, 1.54) is 12.0 Å². The summed E-state index contributed by atoms with van der Waals surface area (Å²) in [5.41, 5.74) is 1.10. The number of nitrogens with zero attached hydrogens (tertiary/aromatic N) is 2. The molecule has 1 aliphatic rings. The van der Waals surface area contributed by atoms with Crippen LogP contribution < -0.4 is 19.1 Å². The standard InChI is InChI=1S/C27H37N3O6S/c1-20(27(32)28-22-10-6-5-7-11-22)29(18-21-9-8-12-25(17-21)36-3)26(31)19-30(37(4,33)34)23-13-15-24(35-2)16-14-23/h8-9,12-17,20,22H,5-7,10-11,18-19H2,1-4H3,(H,28,32)/t20-/m0/s1. The first kappa shape index (κ1) is 28.3. The van der Waals surface area contributed by atoms with Crippen LogP contribution in [0.4, 0.5) is 5.69 Å². The third kappa shape index (κ3) is 7.85. The smallest absolute Gasteiger partial charge is 0.244 e. The molecule has 0 spiro atoms. The molecule has 1 atom stereocenters. The first-order valence-electron chi connectivity index (χ1n) is 12.5. The highest BCUT2D eigenvalue weighted by molar-refractivity contribution is 7.92. The van der Waals surface area contributed by atoms with Gasteiger partial charge in [-0.15, -0.1) is 0 Å². The van der Waals surface area contributed by atoms with Crippen molar-refractivity contribution in [1.82, 2.24) is 10.2 Å². The van der Waals surface area contributed by atoms with E-state index in [0.717, 1.165) is 48.2 Å². The van der Waals surface area contributed by atoms with Gasteiger partial charge in [-0.25, -0.2) is 8.42 Å². The molecule has 3 rings (SSSR count). The number of hydrogen-bond acceptors (Lipinski definition) is 6. The van der Waals surface area contributed by atoms with E-state index in [1.807, 2.05) is 12.1 Å². The zero-order valence-electron chi connectivity index (χ0n) is 22.0. The SMILES string of the molecule is COc1ccc(N(CC(=O)N(Cc2cccc(OC)c2)[C@@H](C)C(=O)NC2CCCCC2)S(C)(=O)=O)cc1. The number of nitrogens with one attached hydrogen (secondary N) is 1. The summed E-state index contributed by atoms with van der Waals surface area (Å²) < 4.78 is 36.9. The molecule has 0 unspecified atom stereocenters. The van der Waals surface area contributed by atoms with Gasteiger partial charge in [0.2, 0.25) is 21.8 Å². The van der Waals surface area contributed by atoms with E-state index in [4.69, 9.17) is 9.47 Å². The number of methoxy groups -OCH3 is 2. The van der Waals surface area contributed by atoms with Gasteiger partial charge in [-0.2, -0.15) is 0 Å². The summed E-state index contributed by atoms with van der Waals surface area (Å²) in [6.07, 6.45) is 6.18. The number of sulfonamides is 1. The topological polar surface area (TPSA) is 105 Å². The van der Waals surface area contributed by atoms with Crippen molar-refractivity contribution in [2.75, 3.05) is 31.3 Å².